The number of rotatable bonds is 3. The van der Waals surface area contributed by atoms with Gasteiger partial charge >= 0.3 is 0 Å². The predicted octanol–water partition coefficient (Wildman–Crippen LogP) is 3.73. The summed E-state index contributed by atoms with van der Waals surface area (Å²) in [4.78, 5) is 26.5. The number of benzene rings is 1. The monoisotopic (exact) mass is 337 g/mol. The van der Waals surface area contributed by atoms with Crippen LogP contribution in [0.15, 0.2) is 22.7 Å². The van der Waals surface area contributed by atoms with E-state index in [-0.39, 0.29) is 17.6 Å². The van der Waals surface area contributed by atoms with Crippen LogP contribution in [0.25, 0.3) is 0 Å². The molecular formula is C16H20BrNO2. The number of carbonyl (C=O) groups is 2. The molecule has 0 aliphatic carbocycles. The molecule has 4 heteroatoms. The van der Waals surface area contributed by atoms with Gasteiger partial charge in [0.15, 0.2) is 0 Å². The highest BCUT2D eigenvalue weighted by molar-refractivity contribution is 9.10. The second-order valence-corrected chi connectivity index (χ2v) is 6.53. The molecule has 1 aliphatic rings. The zero-order valence-electron chi connectivity index (χ0n) is 12.1. The van der Waals surface area contributed by atoms with Crippen LogP contribution in [0.2, 0.25) is 0 Å². The summed E-state index contributed by atoms with van der Waals surface area (Å²) in [6.45, 7) is 6.41. The van der Waals surface area contributed by atoms with Gasteiger partial charge in [0.25, 0.3) is 0 Å². The molecule has 1 aliphatic heterocycles. The van der Waals surface area contributed by atoms with Crippen molar-refractivity contribution in [2.75, 3.05) is 11.4 Å². The van der Waals surface area contributed by atoms with Gasteiger partial charge in [-0.3, -0.25) is 9.59 Å². The number of aryl methyl sites for hydroxylation is 1. The first kappa shape index (κ1) is 15.2. The molecular weight excluding hydrogens is 318 g/mol. The second-order valence-electron chi connectivity index (χ2n) is 5.68. The molecule has 0 aromatic heterocycles. The quantitative estimate of drug-likeness (QED) is 0.788. The highest BCUT2D eigenvalue weighted by Crippen LogP contribution is 2.29. The molecule has 1 aromatic carbocycles. The average Bonchev–Trinajstić information content (AvgIpc) is 2.41. The number of anilines is 1. The molecule has 1 fully saturated rings. The van der Waals surface area contributed by atoms with E-state index < -0.39 is 5.92 Å². The van der Waals surface area contributed by atoms with E-state index in [0.717, 1.165) is 22.1 Å². The highest BCUT2D eigenvalue weighted by atomic mass is 79.9. The first-order valence-corrected chi connectivity index (χ1v) is 7.82. The molecule has 2 rings (SSSR count). The van der Waals surface area contributed by atoms with Crippen LogP contribution in [0.4, 0.5) is 5.69 Å². The Labute approximate surface area is 128 Å². The highest BCUT2D eigenvalue weighted by Gasteiger charge is 2.35. The van der Waals surface area contributed by atoms with Crippen molar-refractivity contribution in [3.8, 4) is 0 Å². The Morgan fingerprint density at radius 1 is 1.40 bits per heavy atom. The van der Waals surface area contributed by atoms with E-state index in [1.807, 2.05) is 39.0 Å². The topological polar surface area (TPSA) is 37.4 Å². The first-order valence-electron chi connectivity index (χ1n) is 7.03. The van der Waals surface area contributed by atoms with Crippen LogP contribution >= 0.6 is 15.9 Å². The Morgan fingerprint density at radius 3 is 2.70 bits per heavy atom. The maximum atomic E-state index is 12.6. The molecule has 1 atom stereocenters. The minimum Gasteiger partial charge on any atom is -0.312 e. The Balaban J connectivity index is 2.26. The number of piperidine rings is 1. The largest absolute Gasteiger partial charge is 0.312 e. The predicted molar refractivity (Wildman–Crippen MR) is 83.8 cm³/mol. The van der Waals surface area contributed by atoms with E-state index in [9.17, 15) is 9.59 Å². The van der Waals surface area contributed by atoms with Crippen LogP contribution < -0.4 is 4.90 Å². The molecule has 1 aromatic rings. The molecule has 1 heterocycles. The van der Waals surface area contributed by atoms with Crippen molar-refractivity contribution >= 4 is 33.3 Å². The van der Waals surface area contributed by atoms with Gasteiger partial charge in [0.05, 0.1) is 5.92 Å². The van der Waals surface area contributed by atoms with Gasteiger partial charge in [-0.25, -0.2) is 0 Å². The van der Waals surface area contributed by atoms with Crippen molar-refractivity contribution < 1.29 is 9.59 Å². The number of halogens is 1. The molecule has 3 nitrogen and oxygen atoms in total. The van der Waals surface area contributed by atoms with Gasteiger partial charge in [-0.15, -0.1) is 0 Å². The van der Waals surface area contributed by atoms with E-state index in [1.165, 1.54) is 0 Å². The molecule has 0 bridgehead atoms. The summed E-state index contributed by atoms with van der Waals surface area (Å²) in [7, 11) is 0. The SMILES string of the molecule is Cc1cc(N2CCC[C@H](C(=O)C(C)C)C2=O)ccc1Br. The summed E-state index contributed by atoms with van der Waals surface area (Å²) in [5.41, 5.74) is 1.98. The van der Waals surface area contributed by atoms with E-state index in [1.54, 1.807) is 4.90 Å². The van der Waals surface area contributed by atoms with Gasteiger partial charge in [0, 0.05) is 22.6 Å². The normalized spacial score (nSPS) is 19.6. The van der Waals surface area contributed by atoms with Gasteiger partial charge in [-0.2, -0.15) is 0 Å². The molecule has 1 saturated heterocycles. The molecule has 0 spiro atoms. The first-order chi connectivity index (χ1) is 9.41. The zero-order chi connectivity index (χ0) is 14.9. The van der Waals surface area contributed by atoms with E-state index in [0.29, 0.717) is 13.0 Å². The van der Waals surface area contributed by atoms with Crippen molar-refractivity contribution in [3.63, 3.8) is 0 Å². The van der Waals surface area contributed by atoms with Crippen molar-refractivity contribution in [2.45, 2.75) is 33.6 Å². The van der Waals surface area contributed by atoms with Gasteiger partial charge in [0.1, 0.15) is 5.78 Å². The fraction of sp³-hybridized carbons (Fsp3) is 0.500. The van der Waals surface area contributed by atoms with Gasteiger partial charge < -0.3 is 4.90 Å². The van der Waals surface area contributed by atoms with Gasteiger partial charge in [-0.1, -0.05) is 29.8 Å². The molecule has 0 unspecified atom stereocenters. The number of hydrogen-bond acceptors (Lipinski definition) is 2. The Kier molecular flexibility index (Phi) is 4.63. The van der Waals surface area contributed by atoms with E-state index in [2.05, 4.69) is 15.9 Å². The van der Waals surface area contributed by atoms with Crippen LogP contribution in [0.3, 0.4) is 0 Å². The third kappa shape index (κ3) is 2.95. The van der Waals surface area contributed by atoms with Crippen LogP contribution in [0.5, 0.6) is 0 Å². The molecule has 1 amide bonds. The summed E-state index contributed by atoms with van der Waals surface area (Å²) in [6.07, 6.45) is 1.56. The summed E-state index contributed by atoms with van der Waals surface area (Å²) >= 11 is 3.47. The van der Waals surface area contributed by atoms with Crippen LogP contribution in [0, 0.1) is 18.8 Å². The molecule has 20 heavy (non-hydrogen) atoms. The standard InChI is InChI=1S/C16H20BrNO2/c1-10(2)15(19)13-5-4-8-18(16(13)20)12-6-7-14(17)11(3)9-12/h6-7,9-10,13H,4-5,8H2,1-3H3/t13-/m1/s1. The number of amides is 1. The molecule has 0 N–H and O–H groups in total. The van der Waals surface area contributed by atoms with Crippen LogP contribution in [0.1, 0.15) is 32.3 Å². The second kappa shape index (κ2) is 6.08. The Bertz CT molecular complexity index is 539. The molecule has 0 radical (unpaired) electrons. The fourth-order valence-corrected chi connectivity index (χ4v) is 2.84. The Morgan fingerprint density at radius 2 is 2.10 bits per heavy atom. The fourth-order valence-electron chi connectivity index (χ4n) is 2.59. The lowest BCUT2D eigenvalue weighted by atomic mass is 9.87. The third-order valence-electron chi connectivity index (χ3n) is 3.80. The van der Waals surface area contributed by atoms with E-state index in [4.69, 9.17) is 0 Å². The lowest BCUT2D eigenvalue weighted by Gasteiger charge is -2.32. The summed E-state index contributed by atoms with van der Waals surface area (Å²) in [5.74, 6) is -0.534. The number of Topliss-reactive ketones (excluding diaryl/α,β-unsaturated/α-hetero) is 1. The van der Waals surface area contributed by atoms with Crippen molar-refractivity contribution in [1.29, 1.82) is 0 Å². The lowest BCUT2D eigenvalue weighted by Crippen LogP contribution is -2.45. The number of hydrogen-bond donors (Lipinski definition) is 0. The van der Waals surface area contributed by atoms with E-state index >= 15 is 0 Å². The maximum absolute atomic E-state index is 12.6. The van der Waals surface area contributed by atoms with Gasteiger partial charge in [-0.05, 0) is 43.5 Å². The number of carbonyl (C=O) groups excluding carboxylic acids is 2. The van der Waals surface area contributed by atoms with Crippen LogP contribution in [-0.4, -0.2) is 18.2 Å². The summed E-state index contributed by atoms with van der Waals surface area (Å²) < 4.78 is 1.03. The van der Waals surface area contributed by atoms with Crippen molar-refractivity contribution in [2.24, 2.45) is 11.8 Å². The smallest absolute Gasteiger partial charge is 0.237 e. The van der Waals surface area contributed by atoms with Crippen molar-refractivity contribution in [3.05, 3.63) is 28.2 Å². The number of ketones is 1. The summed E-state index contributed by atoms with van der Waals surface area (Å²) in [5, 5.41) is 0. The minimum absolute atomic E-state index is 0.0447. The molecule has 0 saturated carbocycles. The Hall–Kier alpha value is -1.16. The lowest BCUT2D eigenvalue weighted by molar-refractivity contribution is -0.135. The maximum Gasteiger partial charge on any atom is 0.237 e. The van der Waals surface area contributed by atoms with Crippen molar-refractivity contribution in [1.82, 2.24) is 0 Å². The number of nitrogens with zero attached hydrogens (tertiary/aromatic N) is 1. The zero-order valence-corrected chi connectivity index (χ0v) is 13.7. The minimum atomic E-state index is -0.465. The van der Waals surface area contributed by atoms with Gasteiger partial charge in [0.2, 0.25) is 5.91 Å². The third-order valence-corrected chi connectivity index (χ3v) is 4.69. The molecule has 108 valence electrons. The summed E-state index contributed by atoms with van der Waals surface area (Å²) in [6, 6.07) is 5.87. The average molecular weight is 338 g/mol. The van der Waals surface area contributed by atoms with Crippen LogP contribution in [-0.2, 0) is 9.59 Å².